The van der Waals surface area contributed by atoms with Crippen molar-refractivity contribution >= 4 is 23.1 Å². The van der Waals surface area contributed by atoms with E-state index in [0.29, 0.717) is 10.7 Å². The second-order valence-electron chi connectivity index (χ2n) is 5.26. The van der Waals surface area contributed by atoms with Crippen LogP contribution < -0.4 is 5.73 Å². The van der Waals surface area contributed by atoms with Crippen molar-refractivity contribution in [3.63, 3.8) is 0 Å². The average Bonchev–Trinajstić information content (AvgIpc) is 3.03. The Hall–Kier alpha value is -2.18. The van der Waals surface area contributed by atoms with Crippen molar-refractivity contribution in [2.24, 2.45) is 0 Å². The summed E-state index contributed by atoms with van der Waals surface area (Å²) in [5.74, 6) is 0.203. The summed E-state index contributed by atoms with van der Waals surface area (Å²) in [7, 11) is 2.10. The Bertz CT molecular complexity index is 856. The van der Waals surface area contributed by atoms with Crippen LogP contribution >= 0.6 is 11.6 Å². The second kappa shape index (κ2) is 4.41. The Kier molecular flexibility index (Phi) is 2.63. The lowest BCUT2D eigenvalue weighted by molar-refractivity contribution is 0.349. The quantitative estimate of drug-likeness (QED) is 0.744. The number of aromatic nitrogens is 4. The lowest BCUT2D eigenvalue weighted by Crippen LogP contribution is -2.08. The van der Waals surface area contributed by atoms with Gasteiger partial charge in [-0.3, -0.25) is 4.90 Å². The predicted octanol–water partition coefficient (Wildman–Crippen LogP) is 1.97. The minimum Gasteiger partial charge on any atom is -0.368 e. The summed E-state index contributed by atoms with van der Waals surface area (Å²) in [6.45, 7) is 1.83. The molecule has 0 aromatic carbocycles. The van der Waals surface area contributed by atoms with Gasteiger partial charge in [-0.2, -0.15) is 5.10 Å². The lowest BCUT2D eigenvalue weighted by atomic mass is 10.1. The van der Waals surface area contributed by atoms with Gasteiger partial charge in [0.2, 0.25) is 5.95 Å². The zero-order chi connectivity index (χ0) is 14.6. The first-order valence-electron chi connectivity index (χ1n) is 6.59. The fraction of sp³-hybridized carbons (Fsp3) is 0.214. The van der Waals surface area contributed by atoms with E-state index in [1.165, 1.54) is 17.5 Å². The first-order valence-corrected chi connectivity index (χ1v) is 6.96. The van der Waals surface area contributed by atoms with E-state index in [2.05, 4.69) is 39.1 Å². The minimum atomic E-state index is 0.203. The Morgan fingerprint density at radius 3 is 2.95 bits per heavy atom. The van der Waals surface area contributed by atoms with Gasteiger partial charge in [-0.1, -0.05) is 17.7 Å². The summed E-state index contributed by atoms with van der Waals surface area (Å²) in [6, 6.07) is 4.19. The van der Waals surface area contributed by atoms with Crippen molar-refractivity contribution in [1.82, 2.24) is 24.5 Å². The SMILES string of the molecule is CN1Cc2ccc3c(-c4nc(N)ncc4Cl)cnn3c2C1. The van der Waals surface area contributed by atoms with Crippen molar-refractivity contribution < 1.29 is 0 Å². The minimum absolute atomic E-state index is 0.203. The lowest BCUT2D eigenvalue weighted by Gasteiger charge is -2.05. The molecule has 0 amide bonds. The molecule has 7 heteroatoms. The number of nitrogens with zero attached hydrogens (tertiary/aromatic N) is 5. The molecule has 0 saturated heterocycles. The standard InChI is InChI=1S/C14H13ClN6/c1-20-6-8-2-3-11-9(4-18-21(11)12(8)7-20)13-10(15)5-17-14(16)19-13/h2-5H,6-7H2,1H3,(H2,16,17,19). The molecule has 0 bridgehead atoms. The van der Waals surface area contributed by atoms with E-state index >= 15 is 0 Å². The van der Waals surface area contributed by atoms with E-state index < -0.39 is 0 Å². The number of halogens is 1. The summed E-state index contributed by atoms with van der Waals surface area (Å²) >= 11 is 6.20. The van der Waals surface area contributed by atoms with Gasteiger partial charge >= 0.3 is 0 Å². The molecule has 4 rings (SSSR count). The molecule has 106 valence electrons. The number of anilines is 1. The van der Waals surface area contributed by atoms with Gasteiger partial charge in [0.1, 0.15) is 0 Å². The Balaban J connectivity index is 1.96. The Morgan fingerprint density at radius 1 is 1.24 bits per heavy atom. The van der Waals surface area contributed by atoms with Gasteiger partial charge in [0.15, 0.2) is 0 Å². The summed E-state index contributed by atoms with van der Waals surface area (Å²) in [5, 5.41) is 4.97. The molecule has 0 fully saturated rings. The Morgan fingerprint density at radius 2 is 2.10 bits per heavy atom. The number of hydrogen-bond acceptors (Lipinski definition) is 5. The molecular formula is C14H13ClN6. The molecule has 1 aliphatic rings. The number of fused-ring (bicyclic) bond motifs is 3. The molecule has 3 aromatic rings. The third-order valence-electron chi connectivity index (χ3n) is 3.75. The third-order valence-corrected chi connectivity index (χ3v) is 4.03. The van der Waals surface area contributed by atoms with E-state index in [1.807, 2.05) is 4.52 Å². The van der Waals surface area contributed by atoms with Crippen LogP contribution in [0.15, 0.2) is 24.5 Å². The molecule has 1 aliphatic heterocycles. The topological polar surface area (TPSA) is 72.3 Å². The highest BCUT2D eigenvalue weighted by molar-refractivity contribution is 6.33. The molecule has 0 unspecified atom stereocenters. The number of hydrogen-bond donors (Lipinski definition) is 1. The molecular weight excluding hydrogens is 288 g/mol. The first kappa shape index (κ1) is 12.6. The van der Waals surface area contributed by atoms with E-state index in [9.17, 15) is 0 Å². The fourth-order valence-corrected chi connectivity index (χ4v) is 3.00. The van der Waals surface area contributed by atoms with Crippen LogP contribution in [0.3, 0.4) is 0 Å². The molecule has 0 spiro atoms. The molecule has 3 aromatic heterocycles. The van der Waals surface area contributed by atoms with Crippen LogP contribution in [0.5, 0.6) is 0 Å². The zero-order valence-electron chi connectivity index (χ0n) is 11.4. The monoisotopic (exact) mass is 300 g/mol. The van der Waals surface area contributed by atoms with Gasteiger partial charge in [0.05, 0.1) is 34.3 Å². The van der Waals surface area contributed by atoms with Gasteiger partial charge in [-0.15, -0.1) is 0 Å². The van der Waals surface area contributed by atoms with Gasteiger partial charge in [-0.05, 0) is 18.7 Å². The Labute approximate surface area is 126 Å². The molecule has 0 saturated carbocycles. The largest absolute Gasteiger partial charge is 0.368 e. The predicted molar refractivity (Wildman–Crippen MR) is 80.8 cm³/mol. The van der Waals surface area contributed by atoms with Crippen LogP contribution in [0.1, 0.15) is 11.3 Å². The van der Waals surface area contributed by atoms with Gasteiger partial charge in [-0.25, -0.2) is 14.5 Å². The van der Waals surface area contributed by atoms with Crippen molar-refractivity contribution in [3.05, 3.63) is 40.8 Å². The number of nitrogen functional groups attached to an aromatic ring is 1. The third kappa shape index (κ3) is 1.87. The van der Waals surface area contributed by atoms with Gasteiger partial charge in [0, 0.05) is 18.7 Å². The summed E-state index contributed by atoms with van der Waals surface area (Å²) < 4.78 is 1.96. The molecule has 0 radical (unpaired) electrons. The highest BCUT2D eigenvalue weighted by Gasteiger charge is 2.21. The van der Waals surface area contributed by atoms with Crippen molar-refractivity contribution in [2.75, 3.05) is 12.8 Å². The van der Waals surface area contributed by atoms with Crippen molar-refractivity contribution in [1.29, 1.82) is 0 Å². The van der Waals surface area contributed by atoms with Gasteiger partial charge in [0.25, 0.3) is 0 Å². The fourth-order valence-electron chi connectivity index (χ4n) is 2.81. The maximum Gasteiger partial charge on any atom is 0.220 e. The molecule has 0 aliphatic carbocycles. The number of nitrogens with two attached hydrogens (primary N) is 1. The van der Waals surface area contributed by atoms with Crippen LogP contribution in [0.25, 0.3) is 16.8 Å². The molecule has 21 heavy (non-hydrogen) atoms. The van der Waals surface area contributed by atoms with Crippen LogP contribution in [0.4, 0.5) is 5.95 Å². The van der Waals surface area contributed by atoms with Gasteiger partial charge < -0.3 is 5.73 Å². The highest BCUT2D eigenvalue weighted by Crippen LogP contribution is 2.31. The molecule has 0 atom stereocenters. The second-order valence-corrected chi connectivity index (χ2v) is 5.66. The van der Waals surface area contributed by atoms with Crippen LogP contribution in [0.2, 0.25) is 5.02 Å². The molecule has 6 nitrogen and oxygen atoms in total. The van der Waals surface area contributed by atoms with Crippen LogP contribution in [-0.4, -0.2) is 31.5 Å². The number of pyridine rings is 1. The number of rotatable bonds is 1. The van der Waals surface area contributed by atoms with E-state index in [1.54, 1.807) is 6.20 Å². The normalized spacial score (nSPS) is 14.8. The van der Waals surface area contributed by atoms with E-state index in [4.69, 9.17) is 17.3 Å². The van der Waals surface area contributed by atoms with E-state index in [0.717, 1.165) is 24.2 Å². The summed E-state index contributed by atoms with van der Waals surface area (Å²) in [4.78, 5) is 10.4. The maximum atomic E-state index is 6.20. The molecule has 2 N–H and O–H groups in total. The smallest absolute Gasteiger partial charge is 0.220 e. The van der Waals surface area contributed by atoms with Crippen LogP contribution in [0, 0.1) is 0 Å². The van der Waals surface area contributed by atoms with Crippen LogP contribution in [-0.2, 0) is 13.1 Å². The summed E-state index contributed by atoms with van der Waals surface area (Å²) in [5.41, 5.74) is 10.6. The van der Waals surface area contributed by atoms with E-state index in [-0.39, 0.29) is 5.95 Å². The van der Waals surface area contributed by atoms with Crippen molar-refractivity contribution in [2.45, 2.75) is 13.1 Å². The zero-order valence-corrected chi connectivity index (χ0v) is 12.2. The average molecular weight is 301 g/mol. The highest BCUT2D eigenvalue weighted by atomic mass is 35.5. The molecule has 4 heterocycles. The first-order chi connectivity index (χ1) is 10.1. The summed E-state index contributed by atoms with van der Waals surface area (Å²) in [6.07, 6.45) is 3.30. The maximum absolute atomic E-state index is 6.20. The van der Waals surface area contributed by atoms with Crippen molar-refractivity contribution in [3.8, 4) is 11.3 Å².